The van der Waals surface area contributed by atoms with E-state index in [2.05, 4.69) is 24.1 Å². The minimum atomic E-state index is -3.70. The van der Waals surface area contributed by atoms with Crippen molar-refractivity contribution in [3.8, 4) is 0 Å². The normalized spacial score (nSPS) is 20.1. The van der Waals surface area contributed by atoms with Crippen molar-refractivity contribution in [2.24, 2.45) is 5.92 Å². The molecular formula is C20H32N4O4S. The number of piperidine rings is 1. The van der Waals surface area contributed by atoms with Crippen molar-refractivity contribution in [1.29, 1.82) is 0 Å². The van der Waals surface area contributed by atoms with E-state index in [0.29, 0.717) is 31.2 Å². The van der Waals surface area contributed by atoms with Crippen LogP contribution in [0.3, 0.4) is 0 Å². The Labute approximate surface area is 173 Å². The van der Waals surface area contributed by atoms with E-state index in [4.69, 9.17) is 0 Å². The van der Waals surface area contributed by atoms with E-state index >= 15 is 0 Å². The van der Waals surface area contributed by atoms with Crippen LogP contribution in [0.15, 0.2) is 23.1 Å². The summed E-state index contributed by atoms with van der Waals surface area (Å²) in [5.41, 5.74) is 0.185. The molecule has 2 fully saturated rings. The zero-order chi connectivity index (χ0) is 21.0. The van der Waals surface area contributed by atoms with Gasteiger partial charge in [0.15, 0.2) is 0 Å². The van der Waals surface area contributed by atoms with Gasteiger partial charge in [-0.1, -0.05) is 20.3 Å². The molecule has 0 unspecified atom stereocenters. The van der Waals surface area contributed by atoms with E-state index in [9.17, 15) is 18.5 Å². The number of hydrogen-bond donors (Lipinski definition) is 1. The molecule has 1 N–H and O–H groups in total. The number of rotatable bonds is 8. The van der Waals surface area contributed by atoms with Crippen LogP contribution in [-0.4, -0.2) is 61.3 Å². The van der Waals surface area contributed by atoms with Crippen molar-refractivity contribution in [3.63, 3.8) is 0 Å². The Morgan fingerprint density at radius 1 is 1.07 bits per heavy atom. The molecular weight excluding hydrogens is 392 g/mol. The van der Waals surface area contributed by atoms with Gasteiger partial charge in [0, 0.05) is 31.7 Å². The molecule has 0 bridgehead atoms. The maximum atomic E-state index is 12.9. The second-order valence-electron chi connectivity index (χ2n) is 8.34. The highest BCUT2D eigenvalue weighted by Crippen LogP contribution is 2.30. The molecule has 0 amide bonds. The molecule has 9 heteroatoms. The first-order valence-corrected chi connectivity index (χ1v) is 12.0. The standard InChI is InChI=1S/C20H32N4O4S/c1-16(2)20(22-10-6-7-11-22)15-21-18-9-8-17(14-19(18)24(25)26)29(27,28)23-12-4-3-5-13-23/h8-9,14,16,20-21H,3-7,10-13,15H2,1-2H3/t20-/m1/s1. The van der Waals surface area contributed by atoms with Gasteiger partial charge in [-0.15, -0.1) is 0 Å². The maximum Gasteiger partial charge on any atom is 0.293 e. The SMILES string of the molecule is CC(C)[C@@H](CNc1ccc(S(=O)(=O)N2CCCCC2)cc1[N+](=O)[O-])N1CCCC1. The molecule has 0 aromatic heterocycles. The van der Waals surface area contributed by atoms with Crippen molar-refractivity contribution in [2.75, 3.05) is 38.0 Å². The minimum Gasteiger partial charge on any atom is -0.378 e. The van der Waals surface area contributed by atoms with E-state index in [1.54, 1.807) is 0 Å². The molecule has 162 valence electrons. The lowest BCUT2D eigenvalue weighted by atomic mass is 10.0. The van der Waals surface area contributed by atoms with Crippen LogP contribution in [0.25, 0.3) is 0 Å². The minimum absolute atomic E-state index is 0.00315. The Morgan fingerprint density at radius 2 is 1.69 bits per heavy atom. The van der Waals surface area contributed by atoms with Gasteiger partial charge in [-0.2, -0.15) is 4.31 Å². The number of likely N-dealkylation sites (tertiary alicyclic amines) is 1. The lowest BCUT2D eigenvalue weighted by Gasteiger charge is -2.31. The summed E-state index contributed by atoms with van der Waals surface area (Å²) < 4.78 is 27.2. The Balaban J connectivity index is 1.80. The molecule has 2 heterocycles. The van der Waals surface area contributed by atoms with Gasteiger partial charge in [0.25, 0.3) is 5.69 Å². The maximum absolute atomic E-state index is 12.9. The summed E-state index contributed by atoms with van der Waals surface area (Å²) in [6, 6.07) is 4.51. The van der Waals surface area contributed by atoms with E-state index in [0.717, 1.165) is 32.4 Å². The monoisotopic (exact) mass is 424 g/mol. The first-order valence-electron chi connectivity index (χ1n) is 10.6. The quantitative estimate of drug-likeness (QED) is 0.508. The molecule has 0 spiro atoms. The third-order valence-corrected chi connectivity index (χ3v) is 7.89. The van der Waals surface area contributed by atoms with Gasteiger partial charge in [0.2, 0.25) is 10.0 Å². The van der Waals surface area contributed by atoms with Crippen molar-refractivity contribution in [1.82, 2.24) is 9.21 Å². The number of nitro benzene ring substituents is 1. The highest BCUT2D eigenvalue weighted by Gasteiger charge is 2.29. The molecule has 0 radical (unpaired) electrons. The Morgan fingerprint density at radius 3 is 2.28 bits per heavy atom. The van der Waals surface area contributed by atoms with Crippen LogP contribution >= 0.6 is 0 Å². The molecule has 1 aromatic carbocycles. The number of sulfonamides is 1. The van der Waals surface area contributed by atoms with E-state index in [1.807, 2.05) is 0 Å². The summed E-state index contributed by atoms with van der Waals surface area (Å²) in [7, 11) is -3.70. The van der Waals surface area contributed by atoms with Gasteiger partial charge in [0.05, 0.1) is 9.82 Å². The highest BCUT2D eigenvalue weighted by atomic mass is 32.2. The summed E-state index contributed by atoms with van der Waals surface area (Å²) in [4.78, 5) is 13.6. The predicted octanol–water partition coefficient (Wildman–Crippen LogP) is 3.30. The number of nitrogens with one attached hydrogen (secondary N) is 1. The Bertz CT molecular complexity index is 816. The molecule has 8 nitrogen and oxygen atoms in total. The fourth-order valence-electron chi connectivity index (χ4n) is 4.30. The predicted molar refractivity (Wildman–Crippen MR) is 114 cm³/mol. The van der Waals surface area contributed by atoms with Crippen LogP contribution in [-0.2, 0) is 10.0 Å². The van der Waals surface area contributed by atoms with E-state index in [1.165, 1.54) is 35.3 Å². The van der Waals surface area contributed by atoms with Gasteiger partial charge in [-0.3, -0.25) is 15.0 Å². The third-order valence-electron chi connectivity index (χ3n) is 6.00. The molecule has 1 atom stereocenters. The lowest BCUT2D eigenvalue weighted by Crippen LogP contribution is -2.42. The van der Waals surface area contributed by atoms with Gasteiger partial charge >= 0.3 is 0 Å². The first kappa shape index (κ1) is 22.0. The average molecular weight is 425 g/mol. The van der Waals surface area contributed by atoms with Crippen LogP contribution in [0.2, 0.25) is 0 Å². The van der Waals surface area contributed by atoms with Crippen molar-refractivity contribution in [3.05, 3.63) is 28.3 Å². The third kappa shape index (κ3) is 5.07. The van der Waals surface area contributed by atoms with Crippen LogP contribution in [0.5, 0.6) is 0 Å². The number of anilines is 1. The number of nitrogens with zero attached hydrogens (tertiary/aromatic N) is 3. The summed E-state index contributed by atoms with van der Waals surface area (Å²) in [5.74, 6) is 0.415. The topological polar surface area (TPSA) is 95.8 Å². The molecule has 0 aliphatic carbocycles. The molecule has 1 aromatic rings. The van der Waals surface area contributed by atoms with Gasteiger partial charge in [-0.05, 0) is 56.8 Å². The number of hydrogen-bond acceptors (Lipinski definition) is 6. The number of benzene rings is 1. The molecule has 2 saturated heterocycles. The smallest absolute Gasteiger partial charge is 0.293 e. The van der Waals surface area contributed by atoms with Crippen LogP contribution < -0.4 is 5.32 Å². The van der Waals surface area contributed by atoms with Crippen molar-refractivity contribution < 1.29 is 13.3 Å². The fraction of sp³-hybridized carbons (Fsp3) is 0.700. The first-order chi connectivity index (χ1) is 13.8. The molecule has 2 aliphatic heterocycles. The summed E-state index contributed by atoms with van der Waals surface area (Å²) in [6.45, 7) is 7.97. The van der Waals surface area contributed by atoms with Gasteiger partial charge in [-0.25, -0.2) is 8.42 Å². The zero-order valence-electron chi connectivity index (χ0n) is 17.3. The molecule has 0 saturated carbocycles. The molecule has 3 rings (SSSR count). The van der Waals surface area contributed by atoms with Gasteiger partial charge in [0.1, 0.15) is 5.69 Å². The average Bonchev–Trinajstić information content (AvgIpc) is 3.23. The zero-order valence-corrected chi connectivity index (χ0v) is 18.2. The van der Waals surface area contributed by atoms with E-state index < -0.39 is 14.9 Å². The largest absolute Gasteiger partial charge is 0.378 e. The molecule has 29 heavy (non-hydrogen) atoms. The van der Waals surface area contributed by atoms with E-state index in [-0.39, 0.29) is 16.6 Å². The lowest BCUT2D eigenvalue weighted by molar-refractivity contribution is -0.384. The summed E-state index contributed by atoms with van der Waals surface area (Å²) in [6.07, 6.45) is 5.05. The van der Waals surface area contributed by atoms with Crippen LogP contribution in [0, 0.1) is 16.0 Å². The number of nitro groups is 1. The second-order valence-corrected chi connectivity index (χ2v) is 10.3. The van der Waals surface area contributed by atoms with Crippen molar-refractivity contribution >= 4 is 21.4 Å². The Kier molecular flexibility index (Phi) is 7.13. The van der Waals surface area contributed by atoms with Crippen LogP contribution in [0.4, 0.5) is 11.4 Å². The second kappa shape index (κ2) is 9.40. The highest BCUT2D eigenvalue weighted by molar-refractivity contribution is 7.89. The fourth-order valence-corrected chi connectivity index (χ4v) is 5.84. The van der Waals surface area contributed by atoms with Gasteiger partial charge < -0.3 is 5.32 Å². The molecule has 2 aliphatic rings. The Hall–Kier alpha value is -1.71. The van der Waals surface area contributed by atoms with Crippen molar-refractivity contribution in [2.45, 2.75) is 56.9 Å². The summed E-state index contributed by atoms with van der Waals surface area (Å²) >= 11 is 0. The summed E-state index contributed by atoms with van der Waals surface area (Å²) in [5, 5.41) is 14.9. The van der Waals surface area contributed by atoms with Crippen LogP contribution in [0.1, 0.15) is 46.0 Å².